The minimum atomic E-state index is 1.01. The fraction of sp³-hybridized carbons (Fsp3) is 0.0741. The van der Waals surface area contributed by atoms with Crippen LogP contribution < -0.4 is 0 Å². The third-order valence-electron chi connectivity index (χ3n) is 29.6. The summed E-state index contributed by atoms with van der Waals surface area (Å²) in [5.41, 5.74) is 61.0. The van der Waals surface area contributed by atoms with E-state index in [9.17, 15) is 0 Å². The minimum absolute atomic E-state index is 1.01. The molecule has 0 bridgehead atoms. The van der Waals surface area contributed by atoms with Crippen molar-refractivity contribution >= 4 is 43.6 Å². The quantitative estimate of drug-likeness (QED) is 0.141. The molecule has 3 aromatic heterocycles. The van der Waals surface area contributed by atoms with E-state index < -0.39 is 0 Å². The Labute approximate surface area is 808 Å². The number of rotatable bonds is 9. The van der Waals surface area contributed by atoms with Crippen molar-refractivity contribution in [1.82, 2.24) is 14.1 Å². The van der Waals surface area contributed by atoms with Gasteiger partial charge in [-0.1, -0.05) is 364 Å². The number of aryl methyl sites for hydroxylation is 5. The number of para-hydroxylation sites is 4. The molecule has 0 atom stereocenters. The molecule has 28 rings (SSSR count). The van der Waals surface area contributed by atoms with E-state index >= 15 is 0 Å². The van der Waals surface area contributed by atoms with Gasteiger partial charge in [0.15, 0.2) is 0 Å². The first-order chi connectivity index (χ1) is 68.0. The van der Waals surface area contributed by atoms with Gasteiger partial charge in [0, 0.05) is 50.9 Å². The maximum atomic E-state index is 4.25. The molecule has 0 fully saturated rings. The Morgan fingerprint density at radius 1 is 0.167 bits per heavy atom. The third kappa shape index (κ3) is 15.3. The maximum absolute atomic E-state index is 4.25. The number of nitrogens with zero attached hydrogens (tertiary/aromatic N) is 3. The van der Waals surface area contributed by atoms with Gasteiger partial charge < -0.3 is 9.13 Å². The standard InChI is InChI=1S/2C32H23N.2C26H20.C19H15N/c1-21-9-6-15-25-26-16-8-14-24(30(26)20-29(21)25)22-10-7-11-23(19-22)33-31-17-4-2-12-27(31)28-13-3-5-18-32(28)33;1-21-9-7-14-25-26-15-8-13-24(29(26)20-28(21)25)22-17-18-32-30(19-22)27-12-5-6-16-31(27)33(32)23-10-3-2-4-11-23;1-18-9-8-14-22-23(18)17-26-24(20-12-6-3-7-13-20)15-21(16-25(22)26)19-10-4-2-5-11-19;1-18-14-23(20-10-6-3-7-11-20)17-26-24(18)16-22-13-12-21(15-25(22)26)19-8-4-2-5-9-19;1-13-5-2-8-16-17-9-3-7-15(19(17)11-18(13)16)14-6-4-10-20-12-14/h2*2-19H,20H2,1H3;2-16H,17H2,1H3;2-15,17H,16H2,1H3;2-10,12H,11H2,1H3. The van der Waals surface area contributed by atoms with Crippen molar-refractivity contribution in [3.05, 3.63) is 545 Å². The summed E-state index contributed by atoms with van der Waals surface area (Å²) in [5.74, 6) is 0. The van der Waals surface area contributed by atoms with Crippen LogP contribution in [0.2, 0.25) is 0 Å². The number of pyridine rings is 1. The molecule has 656 valence electrons. The molecule has 0 radical (unpaired) electrons. The molecule has 0 unspecified atom stereocenters. The Morgan fingerprint density at radius 3 is 0.971 bits per heavy atom. The molecule has 3 nitrogen and oxygen atoms in total. The summed E-state index contributed by atoms with van der Waals surface area (Å²) in [6, 6.07) is 163. The van der Waals surface area contributed by atoms with E-state index in [4.69, 9.17) is 0 Å². The zero-order valence-corrected chi connectivity index (χ0v) is 78.3. The maximum Gasteiger partial charge on any atom is 0.0541 e. The fourth-order valence-electron chi connectivity index (χ4n) is 22.7. The van der Waals surface area contributed by atoms with Crippen molar-refractivity contribution < 1.29 is 0 Å². The highest BCUT2D eigenvalue weighted by molar-refractivity contribution is 6.12. The predicted molar refractivity (Wildman–Crippen MR) is 582 cm³/mol. The predicted octanol–water partition coefficient (Wildman–Crippen LogP) is 35.1. The van der Waals surface area contributed by atoms with E-state index in [0.29, 0.717) is 0 Å². The molecule has 0 amide bonds. The van der Waals surface area contributed by atoms with Gasteiger partial charge >= 0.3 is 0 Å². The fourth-order valence-corrected chi connectivity index (χ4v) is 22.7. The Morgan fingerprint density at radius 2 is 0.486 bits per heavy atom. The monoisotopic (exact) mass is 1760 g/mol. The molecule has 0 N–H and O–H groups in total. The zero-order chi connectivity index (χ0) is 92.4. The lowest BCUT2D eigenvalue weighted by atomic mass is 9.91. The summed E-state index contributed by atoms with van der Waals surface area (Å²) in [5, 5.41) is 5.19. The van der Waals surface area contributed by atoms with Crippen LogP contribution in [0.15, 0.2) is 461 Å². The molecule has 0 spiro atoms. The summed E-state index contributed by atoms with van der Waals surface area (Å²) in [6.45, 7) is 11.1. The van der Waals surface area contributed by atoms with Crippen molar-refractivity contribution in [2.75, 3.05) is 0 Å². The van der Waals surface area contributed by atoms with Gasteiger partial charge in [-0.2, -0.15) is 0 Å². The molecule has 5 aliphatic carbocycles. The lowest BCUT2D eigenvalue weighted by molar-refractivity contribution is 1.18. The Bertz CT molecular complexity index is 8620. The summed E-state index contributed by atoms with van der Waals surface area (Å²) in [4.78, 5) is 4.25. The number of hydrogen-bond donors (Lipinski definition) is 0. The highest BCUT2D eigenvalue weighted by Gasteiger charge is 2.30. The number of aromatic nitrogens is 3. The normalized spacial score (nSPS) is 12.1. The lowest BCUT2D eigenvalue weighted by Crippen LogP contribution is -1.95. The van der Waals surface area contributed by atoms with Gasteiger partial charge in [0.2, 0.25) is 0 Å². The molecule has 0 saturated carbocycles. The van der Waals surface area contributed by atoms with Crippen molar-refractivity contribution in [3.63, 3.8) is 0 Å². The first kappa shape index (κ1) is 84.2. The molecule has 20 aromatic carbocycles. The summed E-state index contributed by atoms with van der Waals surface area (Å²) in [7, 11) is 0. The van der Waals surface area contributed by atoms with E-state index in [-0.39, 0.29) is 0 Å². The summed E-state index contributed by atoms with van der Waals surface area (Å²) < 4.78 is 4.78. The topological polar surface area (TPSA) is 22.8 Å². The van der Waals surface area contributed by atoms with Crippen LogP contribution in [0, 0.1) is 34.6 Å². The second-order valence-electron chi connectivity index (χ2n) is 37.6. The minimum Gasteiger partial charge on any atom is -0.309 e. The Balaban J connectivity index is 0.0000000949. The average molecular weight is 1770 g/mol. The number of benzene rings is 20. The van der Waals surface area contributed by atoms with Crippen LogP contribution in [0.25, 0.3) is 189 Å². The lowest BCUT2D eigenvalue weighted by Gasteiger charge is -2.13. The van der Waals surface area contributed by atoms with Crippen LogP contribution in [0.1, 0.15) is 83.5 Å². The molecular formula is C135H101N3. The summed E-state index contributed by atoms with van der Waals surface area (Å²) in [6.07, 6.45) is 8.89. The van der Waals surface area contributed by atoms with Crippen molar-refractivity contribution in [3.8, 4) is 145 Å². The van der Waals surface area contributed by atoms with Gasteiger partial charge in [0.1, 0.15) is 0 Å². The molecular weight excluding hydrogens is 1660 g/mol. The van der Waals surface area contributed by atoms with Crippen molar-refractivity contribution in [1.29, 1.82) is 0 Å². The Hall–Kier alpha value is -16.9. The van der Waals surface area contributed by atoms with Crippen LogP contribution in [0.3, 0.4) is 0 Å². The molecule has 23 aromatic rings. The van der Waals surface area contributed by atoms with Crippen LogP contribution in [-0.2, 0) is 32.1 Å². The molecule has 3 heterocycles. The van der Waals surface area contributed by atoms with Crippen LogP contribution >= 0.6 is 0 Å². The molecule has 0 saturated heterocycles. The second kappa shape index (κ2) is 35.8. The number of hydrogen-bond acceptors (Lipinski definition) is 1. The second-order valence-corrected chi connectivity index (χ2v) is 37.6. The van der Waals surface area contributed by atoms with Gasteiger partial charge in [-0.15, -0.1) is 0 Å². The number of fused-ring (bicyclic) bond motifs is 21. The van der Waals surface area contributed by atoms with Gasteiger partial charge in [-0.3, -0.25) is 4.98 Å². The summed E-state index contributed by atoms with van der Waals surface area (Å²) >= 11 is 0. The van der Waals surface area contributed by atoms with Crippen LogP contribution in [-0.4, -0.2) is 14.1 Å². The first-order valence-electron chi connectivity index (χ1n) is 48.5. The van der Waals surface area contributed by atoms with E-state index in [2.05, 4.69) is 492 Å². The molecule has 138 heavy (non-hydrogen) atoms. The van der Waals surface area contributed by atoms with Gasteiger partial charge in [0.25, 0.3) is 0 Å². The van der Waals surface area contributed by atoms with E-state index in [1.165, 1.54) is 272 Å². The van der Waals surface area contributed by atoms with E-state index in [0.717, 1.165) is 32.1 Å². The highest BCUT2D eigenvalue weighted by atomic mass is 15.0. The SMILES string of the molecule is Cc1cc(-c2ccccc2)cc2c1Cc1ccc(-c3ccccc3)cc1-2.Cc1cccc2c1Cc1c(-c3ccc4c(c3)c3ccccc3n4-c3ccccc3)cccc1-2.Cc1cccc2c1Cc1c(-c3cccc(-n4c5ccccc5c5ccccc54)c3)cccc1-2.Cc1cccc2c1Cc1c(-c3ccccc3)cc(-c3ccccc3)cc1-2.Cc1cccc2c1Cc1c(-c3cccnc3)cccc1-2. The highest BCUT2D eigenvalue weighted by Crippen LogP contribution is 2.51. The van der Waals surface area contributed by atoms with Crippen LogP contribution in [0.5, 0.6) is 0 Å². The Kier molecular flexibility index (Phi) is 21.9. The largest absolute Gasteiger partial charge is 0.309 e. The van der Waals surface area contributed by atoms with Crippen molar-refractivity contribution in [2.24, 2.45) is 0 Å². The van der Waals surface area contributed by atoms with Gasteiger partial charge in [-0.25, -0.2) is 0 Å². The van der Waals surface area contributed by atoms with Crippen molar-refractivity contribution in [2.45, 2.75) is 66.7 Å². The van der Waals surface area contributed by atoms with Gasteiger partial charge in [0.05, 0.1) is 22.1 Å². The van der Waals surface area contributed by atoms with E-state index in [1.807, 2.05) is 18.5 Å². The van der Waals surface area contributed by atoms with E-state index in [1.54, 1.807) is 0 Å². The molecule has 5 aliphatic rings. The first-order valence-corrected chi connectivity index (χ1v) is 48.5. The zero-order valence-electron chi connectivity index (χ0n) is 78.3. The third-order valence-corrected chi connectivity index (χ3v) is 29.6. The van der Waals surface area contributed by atoms with Gasteiger partial charge in [-0.05, 0) is 363 Å². The van der Waals surface area contributed by atoms with Crippen LogP contribution in [0.4, 0.5) is 0 Å². The smallest absolute Gasteiger partial charge is 0.0541 e. The average Bonchev–Trinajstić information content (AvgIpc) is 1.57. The molecule has 0 aliphatic heterocycles. The molecule has 3 heteroatoms.